The van der Waals surface area contributed by atoms with Crippen LogP contribution in [0, 0.1) is 5.95 Å². The van der Waals surface area contributed by atoms with Crippen LogP contribution in [0.2, 0.25) is 0 Å². The van der Waals surface area contributed by atoms with Gasteiger partial charge in [-0.1, -0.05) is 11.3 Å². The van der Waals surface area contributed by atoms with Gasteiger partial charge in [0.1, 0.15) is 5.51 Å². The molecule has 7 heteroatoms. The fraction of sp³-hybridized carbons (Fsp3) is 0. The van der Waals surface area contributed by atoms with Crippen LogP contribution in [0.25, 0.3) is 0 Å². The Morgan fingerprint density at radius 1 is 1.47 bits per heavy atom. The van der Waals surface area contributed by atoms with E-state index in [4.69, 9.17) is 0 Å². The van der Waals surface area contributed by atoms with Gasteiger partial charge in [-0.2, -0.15) is 4.39 Å². The molecule has 0 aliphatic heterocycles. The van der Waals surface area contributed by atoms with E-state index in [1.54, 1.807) is 0 Å². The van der Waals surface area contributed by atoms with Gasteiger partial charge in [-0.3, -0.25) is 10.1 Å². The van der Waals surface area contributed by atoms with Gasteiger partial charge in [-0.25, -0.2) is 4.98 Å². The number of nitrogens with zero attached hydrogens (tertiary/aromatic N) is 3. The zero-order chi connectivity index (χ0) is 10.7. The standard InChI is InChI=1S/C8H5FN4OS/c9-6-2-1-5(3-10-6)7(14)12-8-13-11-4-15-8/h1-4H,(H,12,13,14). The largest absolute Gasteiger partial charge is 0.296 e. The zero-order valence-electron chi connectivity index (χ0n) is 7.35. The summed E-state index contributed by atoms with van der Waals surface area (Å²) < 4.78 is 12.5. The van der Waals surface area contributed by atoms with Gasteiger partial charge in [-0.15, -0.1) is 10.2 Å². The van der Waals surface area contributed by atoms with Crippen molar-refractivity contribution in [2.75, 3.05) is 5.32 Å². The third-order valence-electron chi connectivity index (χ3n) is 1.57. The van der Waals surface area contributed by atoms with E-state index in [0.29, 0.717) is 5.13 Å². The summed E-state index contributed by atoms with van der Waals surface area (Å²) in [6.07, 6.45) is 1.16. The first-order valence-electron chi connectivity index (χ1n) is 3.95. The average molecular weight is 224 g/mol. The molecule has 0 radical (unpaired) electrons. The fourth-order valence-electron chi connectivity index (χ4n) is 0.907. The summed E-state index contributed by atoms with van der Waals surface area (Å²) in [5.74, 6) is -1.01. The predicted octanol–water partition coefficient (Wildman–Crippen LogP) is 1.32. The smallest absolute Gasteiger partial charge is 0.259 e. The van der Waals surface area contributed by atoms with E-state index in [1.165, 1.54) is 22.9 Å². The second kappa shape index (κ2) is 4.09. The number of anilines is 1. The summed E-state index contributed by atoms with van der Waals surface area (Å²) in [6, 6.07) is 2.47. The summed E-state index contributed by atoms with van der Waals surface area (Å²) in [5.41, 5.74) is 1.77. The molecule has 0 fully saturated rings. The van der Waals surface area contributed by atoms with Crippen molar-refractivity contribution in [1.29, 1.82) is 0 Å². The van der Waals surface area contributed by atoms with Crippen LogP contribution in [-0.2, 0) is 0 Å². The average Bonchev–Trinajstić information content (AvgIpc) is 2.71. The van der Waals surface area contributed by atoms with Crippen LogP contribution in [-0.4, -0.2) is 21.1 Å². The van der Waals surface area contributed by atoms with Crippen molar-refractivity contribution in [1.82, 2.24) is 15.2 Å². The molecular formula is C8H5FN4OS. The Hall–Kier alpha value is -1.89. The molecule has 0 unspecified atom stereocenters. The number of nitrogens with one attached hydrogen (secondary N) is 1. The number of rotatable bonds is 2. The highest BCUT2D eigenvalue weighted by atomic mass is 32.1. The van der Waals surface area contributed by atoms with Crippen LogP contribution in [0.3, 0.4) is 0 Å². The second-order valence-corrected chi connectivity index (χ2v) is 3.40. The normalized spacial score (nSPS) is 9.93. The van der Waals surface area contributed by atoms with Crippen LogP contribution < -0.4 is 5.32 Å². The Morgan fingerprint density at radius 3 is 2.93 bits per heavy atom. The van der Waals surface area contributed by atoms with Gasteiger partial charge in [0.2, 0.25) is 11.1 Å². The number of amides is 1. The number of hydrogen-bond acceptors (Lipinski definition) is 5. The molecule has 15 heavy (non-hydrogen) atoms. The van der Waals surface area contributed by atoms with Crippen molar-refractivity contribution >= 4 is 22.4 Å². The Morgan fingerprint density at radius 2 is 2.33 bits per heavy atom. The first-order chi connectivity index (χ1) is 7.25. The Labute approximate surface area is 88.0 Å². The highest BCUT2D eigenvalue weighted by Crippen LogP contribution is 2.10. The van der Waals surface area contributed by atoms with Gasteiger partial charge < -0.3 is 0 Å². The molecule has 0 aliphatic carbocycles. The van der Waals surface area contributed by atoms with Gasteiger partial charge in [-0.05, 0) is 12.1 Å². The van der Waals surface area contributed by atoms with Crippen LogP contribution in [0.5, 0.6) is 0 Å². The molecule has 0 saturated heterocycles. The third kappa shape index (κ3) is 2.32. The van der Waals surface area contributed by atoms with Crippen LogP contribution in [0.1, 0.15) is 10.4 Å². The maximum Gasteiger partial charge on any atom is 0.259 e. The summed E-state index contributed by atoms with van der Waals surface area (Å²) in [4.78, 5) is 14.9. The van der Waals surface area contributed by atoms with E-state index in [-0.39, 0.29) is 11.5 Å². The summed E-state index contributed by atoms with van der Waals surface area (Å²) in [5, 5.41) is 10.1. The van der Waals surface area contributed by atoms with Crippen LogP contribution in [0.15, 0.2) is 23.8 Å². The molecular weight excluding hydrogens is 219 g/mol. The number of hydrogen-bond donors (Lipinski definition) is 1. The van der Waals surface area contributed by atoms with E-state index in [2.05, 4.69) is 20.5 Å². The number of carbonyl (C=O) groups is 1. The minimum Gasteiger partial charge on any atom is -0.296 e. The van der Waals surface area contributed by atoms with Gasteiger partial charge in [0.25, 0.3) is 5.91 Å². The van der Waals surface area contributed by atoms with Gasteiger partial charge in [0.05, 0.1) is 5.56 Å². The summed E-state index contributed by atoms with van der Waals surface area (Å²) in [6.45, 7) is 0. The number of halogens is 1. The third-order valence-corrected chi connectivity index (χ3v) is 2.18. The molecule has 0 atom stereocenters. The fourth-order valence-corrected chi connectivity index (χ4v) is 1.35. The molecule has 1 amide bonds. The second-order valence-electron chi connectivity index (χ2n) is 2.57. The minimum atomic E-state index is -0.623. The van der Waals surface area contributed by atoms with Gasteiger partial charge in [0, 0.05) is 6.20 Å². The Kier molecular flexibility index (Phi) is 2.64. The summed E-state index contributed by atoms with van der Waals surface area (Å²) in [7, 11) is 0. The highest BCUT2D eigenvalue weighted by molar-refractivity contribution is 7.13. The molecule has 1 N–H and O–H groups in total. The lowest BCUT2D eigenvalue weighted by atomic mass is 10.3. The minimum absolute atomic E-state index is 0.270. The van der Waals surface area contributed by atoms with Crippen LogP contribution >= 0.6 is 11.3 Å². The van der Waals surface area contributed by atoms with E-state index in [0.717, 1.165) is 12.3 Å². The molecule has 2 heterocycles. The maximum absolute atomic E-state index is 12.5. The number of carbonyl (C=O) groups excluding carboxylic acids is 1. The quantitative estimate of drug-likeness (QED) is 0.781. The lowest BCUT2D eigenvalue weighted by molar-refractivity contribution is 0.102. The lowest BCUT2D eigenvalue weighted by Crippen LogP contribution is -2.12. The maximum atomic E-state index is 12.5. The van der Waals surface area contributed by atoms with Crippen molar-refractivity contribution in [3.63, 3.8) is 0 Å². The van der Waals surface area contributed by atoms with Crippen molar-refractivity contribution in [3.05, 3.63) is 35.4 Å². The lowest BCUT2D eigenvalue weighted by Gasteiger charge is -1.99. The molecule has 0 bridgehead atoms. The molecule has 0 saturated carbocycles. The van der Waals surface area contributed by atoms with Crippen molar-refractivity contribution < 1.29 is 9.18 Å². The van der Waals surface area contributed by atoms with Crippen molar-refractivity contribution in [3.8, 4) is 0 Å². The molecule has 0 aliphatic rings. The van der Waals surface area contributed by atoms with E-state index >= 15 is 0 Å². The molecule has 2 rings (SSSR count). The van der Waals surface area contributed by atoms with Crippen molar-refractivity contribution in [2.24, 2.45) is 0 Å². The molecule has 76 valence electrons. The van der Waals surface area contributed by atoms with Crippen molar-refractivity contribution in [2.45, 2.75) is 0 Å². The van der Waals surface area contributed by atoms with Gasteiger partial charge in [0.15, 0.2) is 0 Å². The first-order valence-corrected chi connectivity index (χ1v) is 4.83. The van der Waals surface area contributed by atoms with E-state index in [9.17, 15) is 9.18 Å². The molecule has 5 nitrogen and oxygen atoms in total. The summed E-state index contributed by atoms with van der Waals surface area (Å²) >= 11 is 1.20. The van der Waals surface area contributed by atoms with Gasteiger partial charge >= 0.3 is 0 Å². The Bertz CT molecular complexity index is 456. The molecule has 2 aromatic heterocycles. The zero-order valence-corrected chi connectivity index (χ0v) is 8.16. The monoisotopic (exact) mass is 224 g/mol. The Balaban J connectivity index is 2.11. The number of pyridine rings is 1. The first kappa shape index (κ1) is 9.66. The molecule has 0 spiro atoms. The van der Waals surface area contributed by atoms with E-state index < -0.39 is 5.95 Å². The predicted molar refractivity (Wildman–Crippen MR) is 52.1 cm³/mol. The SMILES string of the molecule is O=C(Nc1nncs1)c1ccc(F)nc1. The number of aromatic nitrogens is 3. The molecule has 2 aromatic rings. The molecule has 0 aromatic carbocycles. The highest BCUT2D eigenvalue weighted by Gasteiger charge is 2.08. The van der Waals surface area contributed by atoms with Crippen LogP contribution in [0.4, 0.5) is 9.52 Å². The van der Waals surface area contributed by atoms with E-state index in [1.807, 2.05) is 0 Å². The topological polar surface area (TPSA) is 67.8 Å².